The van der Waals surface area contributed by atoms with Crippen molar-refractivity contribution in [3.8, 4) is 5.75 Å². The number of hydrogen-bond donors (Lipinski definition) is 1. The Morgan fingerprint density at radius 3 is 2.58 bits per heavy atom. The number of benzene rings is 2. The lowest BCUT2D eigenvalue weighted by atomic mass is 10.1. The van der Waals surface area contributed by atoms with Crippen molar-refractivity contribution in [2.75, 3.05) is 19.0 Å². The minimum atomic E-state index is 0.897. The molecule has 0 radical (unpaired) electrons. The van der Waals surface area contributed by atoms with Gasteiger partial charge in [0.1, 0.15) is 5.75 Å². The first-order valence-corrected chi connectivity index (χ1v) is 6.80. The van der Waals surface area contributed by atoms with Crippen molar-refractivity contribution in [1.82, 2.24) is 0 Å². The molecule has 0 fully saturated rings. The zero-order chi connectivity index (χ0) is 13.3. The Bertz CT molecular complexity index is 482. The summed E-state index contributed by atoms with van der Waals surface area (Å²) in [6, 6.07) is 18.7. The fourth-order valence-corrected chi connectivity index (χ4v) is 2.06. The van der Waals surface area contributed by atoms with Gasteiger partial charge < -0.3 is 10.1 Å². The molecule has 2 heteroatoms. The number of ether oxygens (including phenoxy) is 1. The molecule has 0 saturated heterocycles. The summed E-state index contributed by atoms with van der Waals surface area (Å²) in [5.74, 6) is 0.897. The SMILES string of the molecule is COc1cccc(NCCCCc2ccccc2)c1. The number of unbranched alkanes of at least 4 members (excludes halogenated alkanes) is 1. The van der Waals surface area contributed by atoms with E-state index in [-0.39, 0.29) is 0 Å². The van der Waals surface area contributed by atoms with Crippen molar-refractivity contribution in [1.29, 1.82) is 0 Å². The molecular formula is C17H21NO. The van der Waals surface area contributed by atoms with Gasteiger partial charge in [-0.25, -0.2) is 0 Å². The van der Waals surface area contributed by atoms with Crippen LogP contribution < -0.4 is 10.1 Å². The van der Waals surface area contributed by atoms with Gasteiger partial charge in [0.15, 0.2) is 0 Å². The number of nitrogens with one attached hydrogen (secondary N) is 1. The Balaban J connectivity index is 1.66. The Morgan fingerprint density at radius 1 is 0.947 bits per heavy atom. The number of anilines is 1. The largest absolute Gasteiger partial charge is 0.497 e. The maximum absolute atomic E-state index is 5.20. The lowest BCUT2D eigenvalue weighted by molar-refractivity contribution is 0.415. The molecule has 2 aromatic rings. The first-order chi connectivity index (χ1) is 9.38. The Kier molecular flexibility index (Phi) is 5.30. The molecule has 0 amide bonds. The van der Waals surface area contributed by atoms with Gasteiger partial charge >= 0.3 is 0 Å². The fraction of sp³-hybridized carbons (Fsp3) is 0.294. The summed E-state index contributed by atoms with van der Waals surface area (Å²) < 4.78 is 5.20. The molecule has 0 bridgehead atoms. The molecular weight excluding hydrogens is 234 g/mol. The molecule has 0 heterocycles. The predicted octanol–water partition coefficient (Wildman–Crippen LogP) is 4.13. The maximum atomic E-state index is 5.20. The molecule has 19 heavy (non-hydrogen) atoms. The highest BCUT2D eigenvalue weighted by molar-refractivity contribution is 5.47. The van der Waals surface area contributed by atoms with Gasteiger partial charge in [-0.3, -0.25) is 0 Å². The third-order valence-electron chi connectivity index (χ3n) is 3.13. The van der Waals surface area contributed by atoms with Crippen LogP contribution in [0.15, 0.2) is 54.6 Å². The quantitative estimate of drug-likeness (QED) is 0.751. The van der Waals surface area contributed by atoms with Crippen molar-refractivity contribution in [2.45, 2.75) is 19.3 Å². The second-order valence-corrected chi connectivity index (χ2v) is 4.60. The summed E-state index contributed by atoms with van der Waals surface area (Å²) in [6.45, 7) is 1.00. The summed E-state index contributed by atoms with van der Waals surface area (Å²) in [5, 5.41) is 3.43. The van der Waals surface area contributed by atoms with E-state index in [2.05, 4.69) is 41.7 Å². The van der Waals surface area contributed by atoms with Gasteiger partial charge in [-0.1, -0.05) is 36.4 Å². The fourth-order valence-electron chi connectivity index (χ4n) is 2.06. The van der Waals surface area contributed by atoms with Crippen LogP contribution >= 0.6 is 0 Å². The van der Waals surface area contributed by atoms with Gasteiger partial charge in [-0.05, 0) is 37.0 Å². The summed E-state index contributed by atoms with van der Waals surface area (Å²) in [6.07, 6.45) is 3.54. The molecule has 0 saturated carbocycles. The lowest BCUT2D eigenvalue weighted by Crippen LogP contribution is -2.02. The van der Waals surface area contributed by atoms with Crippen LogP contribution in [0, 0.1) is 0 Å². The third-order valence-corrected chi connectivity index (χ3v) is 3.13. The Hall–Kier alpha value is -1.96. The molecule has 2 rings (SSSR count). The number of rotatable bonds is 7. The smallest absolute Gasteiger partial charge is 0.120 e. The highest BCUT2D eigenvalue weighted by Gasteiger charge is 1.95. The minimum Gasteiger partial charge on any atom is -0.497 e. The average molecular weight is 255 g/mol. The summed E-state index contributed by atoms with van der Waals surface area (Å²) in [4.78, 5) is 0. The molecule has 0 aromatic heterocycles. The van der Waals surface area contributed by atoms with Crippen molar-refractivity contribution in [3.05, 3.63) is 60.2 Å². The molecule has 0 unspecified atom stereocenters. The first-order valence-electron chi connectivity index (χ1n) is 6.80. The predicted molar refractivity (Wildman–Crippen MR) is 80.9 cm³/mol. The number of aryl methyl sites for hydroxylation is 1. The molecule has 0 atom stereocenters. The number of methoxy groups -OCH3 is 1. The van der Waals surface area contributed by atoms with Gasteiger partial charge in [-0.2, -0.15) is 0 Å². The molecule has 2 aromatic carbocycles. The van der Waals surface area contributed by atoms with Crippen molar-refractivity contribution in [3.63, 3.8) is 0 Å². The molecule has 0 aliphatic rings. The maximum Gasteiger partial charge on any atom is 0.120 e. The number of hydrogen-bond acceptors (Lipinski definition) is 2. The van der Waals surface area contributed by atoms with Crippen LogP contribution in [0.2, 0.25) is 0 Å². The standard InChI is InChI=1S/C17H21NO/c1-19-17-12-7-11-16(14-17)18-13-6-5-10-15-8-3-2-4-9-15/h2-4,7-9,11-12,14,18H,5-6,10,13H2,1H3. The summed E-state index contributed by atoms with van der Waals surface area (Å²) >= 11 is 0. The van der Waals surface area contributed by atoms with E-state index in [9.17, 15) is 0 Å². The average Bonchev–Trinajstić information content (AvgIpc) is 2.48. The second kappa shape index (κ2) is 7.47. The Morgan fingerprint density at radius 2 is 1.79 bits per heavy atom. The van der Waals surface area contributed by atoms with E-state index in [1.165, 1.54) is 18.4 Å². The zero-order valence-corrected chi connectivity index (χ0v) is 11.4. The van der Waals surface area contributed by atoms with Crippen molar-refractivity contribution < 1.29 is 4.74 Å². The molecule has 0 aliphatic carbocycles. The van der Waals surface area contributed by atoms with E-state index < -0.39 is 0 Å². The lowest BCUT2D eigenvalue weighted by Gasteiger charge is -2.08. The van der Waals surface area contributed by atoms with Gasteiger partial charge in [0.2, 0.25) is 0 Å². The summed E-state index contributed by atoms with van der Waals surface area (Å²) in [7, 11) is 1.69. The molecule has 0 aliphatic heterocycles. The van der Waals surface area contributed by atoms with Crippen LogP contribution in [0.3, 0.4) is 0 Å². The minimum absolute atomic E-state index is 0.897. The highest BCUT2D eigenvalue weighted by atomic mass is 16.5. The van der Waals surface area contributed by atoms with Gasteiger partial charge in [0.25, 0.3) is 0 Å². The topological polar surface area (TPSA) is 21.3 Å². The van der Waals surface area contributed by atoms with E-state index in [4.69, 9.17) is 4.74 Å². The van der Waals surface area contributed by atoms with Crippen LogP contribution in [-0.2, 0) is 6.42 Å². The molecule has 2 nitrogen and oxygen atoms in total. The highest BCUT2D eigenvalue weighted by Crippen LogP contribution is 2.16. The monoisotopic (exact) mass is 255 g/mol. The second-order valence-electron chi connectivity index (χ2n) is 4.60. The van der Waals surface area contributed by atoms with Crippen molar-refractivity contribution >= 4 is 5.69 Å². The van der Waals surface area contributed by atoms with E-state index in [1.54, 1.807) is 7.11 Å². The van der Waals surface area contributed by atoms with Crippen LogP contribution in [0.1, 0.15) is 18.4 Å². The first kappa shape index (κ1) is 13.5. The van der Waals surface area contributed by atoms with Gasteiger partial charge in [0.05, 0.1) is 7.11 Å². The third kappa shape index (κ3) is 4.66. The van der Waals surface area contributed by atoms with Crippen LogP contribution in [0.4, 0.5) is 5.69 Å². The zero-order valence-electron chi connectivity index (χ0n) is 11.4. The Labute approximate surface area is 115 Å². The van der Waals surface area contributed by atoms with E-state index in [1.807, 2.05) is 18.2 Å². The van der Waals surface area contributed by atoms with Crippen LogP contribution in [-0.4, -0.2) is 13.7 Å². The van der Waals surface area contributed by atoms with Gasteiger partial charge in [-0.15, -0.1) is 0 Å². The van der Waals surface area contributed by atoms with E-state index in [0.717, 1.165) is 24.4 Å². The normalized spacial score (nSPS) is 10.2. The van der Waals surface area contributed by atoms with Crippen LogP contribution in [0.5, 0.6) is 5.75 Å². The van der Waals surface area contributed by atoms with E-state index in [0.29, 0.717) is 0 Å². The molecule has 1 N–H and O–H groups in total. The van der Waals surface area contributed by atoms with Gasteiger partial charge in [0, 0.05) is 18.3 Å². The van der Waals surface area contributed by atoms with E-state index >= 15 is 0 Å². The van der Waals surface area contributed by atoms with Crippen molar-refractivity contribution in [2.24, 2.45) is 0 Å². The molecule has 0 spiro atoms. The summed E-state index contributed by atoms with van der Waals surface area (Å²) in [5.41, 5.74) is 2.54. The van der Waals surface area contributed by atoms with Crippen LogP contribution in [0.25, 0.3) is 0 Å². The molecule has 100 valence electrons.